The molecule has 2 aromatic carbocycles. The smallest absolute Gasteiger partial charge is 0.242 e. The minimum atomic E-state index is -0.00822. The van der Waals surface area contributed by atoms with Gasteiger partial charge in [-0.25, -0.2) is 4.98 Å². The number of halogens is 1. The molecule has 0 saturated carbocycles. The molecule has 180 valence electrons. The Labute approximate surface area is 206 Å². The minimum Gasteiger partial charge on any atom is -0.356 e. The molecule has 1 fully saturated rings. The van der Waals surface area contributed by atoms with Gasteiger partial charge in [-0.05, 0) is 55.9 Å². The number of nitrogens with zero attached hydrogens (tertiary/aromatic N) is 3. The van der Waals surface area contributed by atoms with Gasteiger partial charge in [-0.15, -0.1) is 0 Å². The third-order valence-corrected chi connectivity index (χ3v) is 6.81. The Bertz CT molecular complexity index is 1120. The predicted octanol–water partition coefficient (Wildman–Crippen LogP) is 4.77. The summed E-state index contributed by atoms with van der Waals surface area (Å²) < 4.78 is 2.09. The van der Waals surface area contributed by atoms with Gasteiger partial charge in [-0.1, -0.05) is 48.4 Å². The number of carbonyl (C=O) groups excluding carboxylic acids is 2. The monoisotopic (exact) mass is 480 g/mol. The van der Waals surface area contributed by atoms with Gasteiger partial charge < -0.3 is 14.8 Å². The number of aromatic nitrogens is 2. The van der Waals surface area contributed by atoms with Gasteiger partial charge in [0.15, 0.2) is 0 Å². The van der Waals surface area contributed by atoms with E-state index in [4.69, 9.17) is 16.6 Å². The number of likely N-dealkylation sites (tertiary alicyclic amines) is 1. The molecule has 6 nitrogen and oxygen atoms in total. The fourth-order valence-electron chi connectivity index (χ4n) is 4.56. The van der Waals surface area contributed by atoms with Crippen LogP contribution in [0.2, 0.25) is 5.02 Å². The quantitative estimate of drug-likeness (QED) is 0.425. The van der Waals surface area contributed by atoms with Crippen molar-refractivity contribution in [2.45, 2.75) is 57.9 Å². The standard InChI is InChI=1S/C27H33ClN4O2/c28-22-12-5-4-11-21(22)19-26(33)29-16-8-1-3-15-25-30-23-13-6-7-14-24(23)32(25)20-27(34)31-17-9-2-10-18-31/h4-7,11-14H,1-3,8-10,15-20H2,(H,29,33). The Morgan fingerprint density at radius 3 is 2.53 bits per heavy atom. The number of para-hydroxylation sites is 2. The van der Waals surface area contributed by atoms with Gasteiger partial charge in [0.25, 0.3) is 0 Å². The Balaban J connectivity index is 1.26. The molecule has 1 N–H and O–H groups in total. The highest BCUT2D eigenvalue weighted by molar-refractivity contribution is 6.31. The highest BCUT2D eigenvalue weighted by Crippen LogP contribution is 2.19. The van der Waals surface area contributed by atoms with E-state index in [9.17, 15) is 9.59 Å². The van der Waals surface area contributed by atoms with E-state index in [-0.39, 0.29) is 11.8 Å². The number of fused-ring (bicyclic) bond motifs is 1. The lowest BCUT2D eigenvalue weighted by Gasteiger charge is -2.27. The van der Waals surface area contributed by atoms with Gasteiger partial charge in [-0.2, -0.15) is 0 Å². The first-order chi connectivity index (χ1) is 16.6. The lowest BCUT2D eigenvalue weighted by molar-refractivity contribution is -0.132. The lowest BCUT2D eigenvalue weighted by Crippen LogP contribution is -2.38. The summed E-state index contributed by atoms with van der Waals surface area (Å²) >= 11 is 6.14. The summed E-state index contributed by atoms with van der Waals surface area (Å²) in [4.78, 5) is 31.9. The van der Waals surface area contributed by atoms with Crippen LogP contribution in [0.3, 0.4) is 0 Å². The fraction of sp³-hybridized carbons (Fsp3) is 0.444. The molecule has 1 saturated heterocycles. The summed E-state index contributed by atoms with van der Waals surface area (Å²) in [6, 6.07) is 15.5. The first kappa shape index (κ1) is 24.3. The number of amides is 2. The van der Waals surface area contributed by atoms with Crippen LogP contribution < -0.4 is 5.32 Å². The van der Waals surface area contributed by atoms with Crippen LogP contribution >= 0.6 is 11.6 Å². The van der Waals surface area contributed by atoms with Gasteiger partial charge in [-0.3, -0.25) is 9.59 Å². The summed E-state index contributed by atoms with van der Waals surface area (Å²) in [6.45, 7) is 2.73. The van der Waals surface area contributed by atoms with E-state index in [0.717, 1.165) is 74.0 Å². The van der Waals surface area contributed by atoms with Crippen molar-refractivity contribution in [1.82, 2.24) is 19.8 Å². The van der Waals surface area contributed by atoms with Crippen molar-refractivity contribution in [2.24, 2.45) is 0 Å². The Hall–Kier alpha value is -2.86. The molecule has 0 spiro atoms. The summed E-state index contributed by atoms with van der Waals surface area (Å²) in [5.74, 6) is 1.14. The molecule has 2 amide bonds. The molecule has 2 heterocycles. The lowest BCUT2D eigenvalue weighted by atomic mass is 10.1. The molecule has 0 radical (unpaired) electrons. The average molecular weight is 481 g/mol. The summed E-state index contributed by atoms with van der Waals surface area (Å²) in [5, 5.41) is 3.61. The Kier molecular flexibility index (Phi) is 8.58. The number of unbranched alkanes of at least 4 members (excludes halogenated alkanes) is 2. The Morgan fingerprint density at radius 2 is 1.71 bits per heavy atom. The summed E-state index contributed by atoms with van der Waals surface area (Å²) in [7, 11) is 0. The molecule has 3 aromatic rings. The molecule has 0 bridgehead atoms. The molecular weight excluding hydrogens is 448 g/mol. The van der Waals surface area contributed by atoms with E-state index in [1.165, 1.54) is 6.42 Å². The van der Waals surface area contributed by atoms with E-state index in [0.29, 0.717) is 24.5 Å². The van der Waals surface area contributed by atoms with Crippen molar-refractivity contribution < 1.29 is 9.59 Å². The van der Waals surface area contributed by atoms with E-state index >= 15 is 0 Å². The number of hydrogen-bond donors (Lipinski definition) is 1. The van der Waals surface area contributed by atoms with Gasteiger partial charge in [0.2, 0.25) is 11.8 Å². The molecule has 1 aliphatic heterocycles. The summed E-state index contributed by atoms with van der Waals surface area (Å²) in [5.41, 5.74) is 2.81. The number of rotatable bonds is 10. The van der Waals surface area contributed by atoms with Crippen LogP contribution in [0, 0.1) is 0 Å². The minimum absolute atomic E-state index is 0.00822. The van der Waals surface area contributed by atoms with E-state index in [1.54, 1.807) is 6.07 Å². The largest absolute Gasteiger partial charge is 0.356 e. The molecule has 1 aromatic heterocycles. The van der Waals surface area contributed by atoms with Crippen LogP contribution in [0.1, 0.15) is 49.9 Å². The molecule has 0 atom stereocenters. The Morgan fingerprint density at radius 1 is 0.941 bits per heavy atom. The number of hydrogen-bond acceptors (Lipinski definition) is 3. The topological polar surface area (TPSA) is 67.2 Å². The van der Waals surface area contributed by atoms with Gasteiger partial charge >= 0.3 is 0 Å². The second-order valence-corrected chi connectivity index (χ2v) is 9.38. The molecule has 0 aliphatic carbocycles. The second kappa shape index (κ2) is 12.0. The summed E-state index contributed by atoms with van der Waals surface area (Å²) in [6.07, 6.45) is 7.36. The molecule has 0 unspecified atom stereocenters. The molecule has 7 heteroatoms. The highest BCUT2D eigenvalue weighted by Gasteiger charge is 2.19. The van der Waals surface area contributed by atoms with Crippen LogP contribution in [-0.2, 0) is 29.0 Å². The SMILES string of the molecule is O=C(Cc1ccccc1Cl)NCCCCCc1nc2ccccc2n1CC(=O)N1CCCCC1. The van der Waals surface area contributed by atoms with Crippen molar-refractivity contribution in [3.63, 3.8) is 0 Å². The number of piperidine rings is 1. The average Bonchev–Trinajstić information content (AvgIpc) is 3.20. The zero-order valence-electron chi connectivity index (χ0n) is 19.6. The predicted molar refractivity (Wildman–Crippen MR) is 136 cm³/mol. The van der Waals surface area contributed by atoms with E-state index in [2.05, 4.69) is 9.88 Å². The number of imidazole rings is 1. The van der Waals surface area contributed by atoms with Gasteiger partial charge in [0, 0.05) is 31.1 Å². The van der Waals surface area contributed by atoms with Crippen molar-refractivity contribution in [3.8, 4) is 0 Å². The van der Waals surface area contributed by atoms with Crippen molar-refractivity contribution in [2.75, 3.05) is 19.6 Å². The normalized spacial score (nSPS) is 13.9. The third kappa shape index (κ3) is 6.38. The molecule has 34 heavy (non-hydrogen) atoms. The maximum atomic E-state index is 12.9. The molecular formula is C27H33ClN4O2. The second-order valence-electron chi connectivity index (χ2n) is 8.97. The zero-order chi connectivity index (χ0) is 23.8. The van der Waals surface area contributed by atoms with Crippen molar-refractivity contribution in [3.05, 3.63) is 64.9 Å². The number of benzene rings is 2. The highest BCUT2D eigenvalue weighted by atomic mass is 35.5. The first-order valence-corrected chi connectivity index (χ1v) is 12.7. The first-order valence-electron chi connectivity index (χ1n) is 12.3. The van der Waals surface area contributed by atoms with Gasteiger partial charge in [0.05, 0.1) is 17.5 Å². The fourth-order valence-corrected chi connectivity index (χ4v) is 4.76. The maximum Gasteiger partial charge on any atom is 0.242 e. The van der Waals surface area contributed by atoms with Crippen LogP contribution in [0.15, 0.2) is 48.5 Å². The van der Waals surface area contributed by atoms with Gasteiger partial charge in [0.1, 0.15) is 12.4 Å². The van der Waals surface area contributed by atoms with Crippen LogP contribution in [-0.4, -0.2) is 45.9 Å². The zero-order valence-corrected chi connectivity index (χ0v) is 20.4. The molecule has 1 aliphatic rings. The third-order valence-electron chi connectivity index (χ3n) is 6.44. The van der Waals surface area contributed by atoms with Crippen LogP contribution in [0.4, 0.5) is 0 Å². The number of aryl methyl sites for hydroxylation is 1. The van der Waals surface area contributed by atoms with Crippen LogP contribution in [0.25, 0.3) is 11.0 Å². The van der Waals surface area contributed by atoms with E-state index in [1.807, 2.05) is 47.4 Å². The molecule has 4 rings (SSSR count). The van der Waals surface area contributed by atoms with Crippen LogP contribution in [0.5, 0.6) is 0 Å². The number of carbonyl (C=O) groups is 2. The van der Waals surface area contributed by atoms with E-state index < -0.39 is 0 Å². The van der Waals surface area contributed by atoms with Crippen molar-refractivity contribution >= 4 is 34.4 Å². The number of nitrogens with one attached hydrogen (secondary N) is 1. The maximum absolute atomic E-state index is 12.9. The van der Waals surface area contributed by atoms with Crippen molar-refractivity contribution in [1.29, 1.82) is 0 Å².